The summed E-state index contributed by atoms with van der Waals surface area (Å²) in [5.41, 5.74) is 12.1. The van der Waals surface area contributed by atoms with Crippen molar-refractivity contribution in [3.8, 4) is 33.4 Å². The molecule has 0 saturated carbocycles. The lowest BCUT2D eigenvalue weighted by atomic mass is 9.93. The maximum absolute atomic E-state index is 6.70. The second-order valence-electron chi connectivity index (χ2n) is 15.6. The largest absolute Gasteiger partial charge is 0.455 e. The second-order valence-corrected chi connectivity index (χ2v) is 15.6. The quantitative estimate of drug-likeness (QED) is 0.157. The molecule has 2 heteroatoms. The van der Waals surface area contributed by atoms with Gasteiger partial charge in [0.15, 0.2) is 0 Å². The van der Waals surface area contributed by atoms with Gasteiger partial charge < -0.3 is 9.32 Å². The highest BCUT2D eigenvalue weighted by molar-refractivity contribution is 6.20. The minimum absolute atomic E-state index is 0.880. The van der Waals surface area contributed by atoms with E-state index in [1.807, 2.05) is 0 Å². The fourth-order valence-electron chi connectivity index (χ4n) is 9.47. The van der Waals surface area contributed by atoms with E-state index in [0.717, 1.165) is 55.5 Å². The average Bonchev–Trinajstić information content (AvgIpc) is 3.72. The van der Waals surface area contributed by atoms with Crippen molar-refractivity contribution in [3.63, 3.8) is 0 Å². The third-order valence-electron chi connectivity index (χ3n) is 12.2. The standard InChI is InChI=1S/C58H37NO/c1-4-20-45-38(14-1)17-12-26-46(45)41-18-11-19-44(36-41)59(43-33-30-40(31-34-43)54-37-42-16-3-5-21-47(42)49-23-7-8-24-50(49)54)55-28-10-9-25-51(55)52-27-13-29-56-57(52)53-35-32-39-15-2-6-22-48(39)58(53)60-56/h1-37H. The number of anilines is 3. The van der Waals surface area contributed by atoms with Crippen LogP contribution in [0.15, 0.2) is 229 Å². The van der Waals surface area contributed by atoms with Crippen molar-refractivity contribution in [2.45, 2.75) is 0 Å². The normalized spacial score (nSPS) is 11.7. The van der Waals surface area contributed by atoms with Gasteiger partial charge in [0.25, 0.3) is 0 Å². The third kappa shape index (κ3) is 5.50. The molecule has 60 heavy (non-hydrogen) atoms. The summed E-state index contributed by atoms with van der Waals surface area (Å²) in [5, 5.41) is 12.0. The summed E-state index contributed by atoms with van der Waals surface area (Å²) < 4.78 is 6.70. The minimum Gasteiger partial charge on any atom is -0.455 e. The highest BCUT2D eigenvalue weighted by Gasteiger charge is 2.22. The number of nitrogens with zero attached hydrogens (tertiary/aromatic N) is 1. The first-order valence-corrected chi connectivity index (χ1v) is 20.6. The first-order valence-electron chi connectivity index (χ1n) is 20.6. The van der Waals surface area contributed by atoms with Crippen LogP contribution >= 0.6 is 0 Å². The smallest absolute Gasteiger partial charge is 0.143 e. The van der Waals surface area contributed by atoms with Gasteiger partial charge in [-0.2, -0.15) is 0 Å². The van der Waals surface area contributed by atoms with Crippen LogP contribution in [0.3, 0.4) is 0 Å². The predicted molar refractivity (Wildman–Crippen MR) is 255 cm³/mol. The van der Waals surface area contributed by atoms with Gasteiger partial charge in [0.05, 0.1) is 5.69 Å². The molecule has 2 nitrogen and oxygen atoms in total. The van der Waals surface area contributed by atoms with E-state index >= 15 is 0 Å². The number of benzene rings is 11. The zero-order chi connectivity index (χ0) is 39.6. The van der Waals surface area contributed by atoms with Gasteiger partial charge in [0.2, 0.25) is 0 Å². The molecule has 11 aromatic carbocycles. The molecule has 0 atom stereocenters. The number of furan rings is 1. The van der Waals surface area contributed by atoms with Gasteiger partial charge in [-0.25, -0.2) is 0 Å². The molecular formula is C58H37NO. The third-order valence-corrected chi connectivity index (χ3v) is 12.2. The molecule has 0 unspecified atom stereocenters. The molecule has 12 rings (SSSR count). The predicted octanol–water partition coefficient (Wildman–Crippen LogP) is 16.7. The van der Waals surface area contributed by atoms with Gasteiger partial charge in [-0.15, -0.1) is 0 Å². The van der Waals surface area contributed by atoms with Crippen LogP contribution in [0.25, 0.3) is 98.4 Å². The van der Waals surface area contributed by atoms with Crippen LogP contribution in [0.1, 0.15) is 0 Å². The Labute approximate surface area is 347 Å². The van der Waals surface area contributed by atoms with Crippen molar-refractivity contribution in [2.24, 2.45) is 0 Å². The average molecular weight is 764 g/mol. The lowest BCUT2D eigenvalue weighted by molar-refractivity contribution is 0.673. The Hall–Kier alpha value is -7.94. The zero-order valence-electron chi connectivity index (χ0n) is 32.7. The lowest BCUT2D eigenvalue weighted by Crippen LogP contribution is -2.11. The van der Waals surface area contributed by atoms with E-state index in [1.165, 1.54) is 60.0 Å². The Bertz CT molecular complexity index is 3610. The zero-order valence-corrected chi connectivity index (χ0v) is 32.7. The Morgan fingerprint density at radius 2 is 0.917 bits per heavy atom. The van der Waals surface area contributed by atoms with Crippen LogP contribution in [0, 0.1) is 0 Å². The van der Waals surface area contributed by atoms with Crippen molar-refractivity contribution in [3.05, 3.63) is 224 Å². The van der Waals surface area contributed by atoms with Gasteiger partial charge in [0, 0.05) is 33.1 Å². The number of para-hydroxylation sites is 1. The van der Waals surface area contributed by atoms with Crippen LogP contribution in [-0.4, -0.2) is 0 Å². The molecule has 0 aliphatic heterocycles. The van der Waals surface area contributed by atoms with Crippen LogP contribution in [0.4, 0.5) is 17.1 Å². The summed E-state index contributed by atoms with van der Waals surface area (Å²) in [6, 6.07) is 81.3. The number of hydrogen-bond acceptors (Lipinski definition) is 2. The molecule has 0 saturated heterocycles. The van der Waals surface area contributed by atoms with E-state index < -0.39 is 0 Å². The van der Waals surface area contributed by atoms with Crippen molar-refractivity contribution in [1.29, 1.82) is 0 Å². The monoisotopic (exact) mass is 763 g/mol. The van der Waals surface area contributed by atoms with Crippen molar-refractivity contribution >= 4 is 82.1 Å². The molecule has 0 spiro atoms. The number of fused-ring (bicyclic) bond motifs is 9. The van der Waals surface area contributed by atoms with E-state index in [1.54, 1.807) is 0 Å². The fraction of sp³-hybridized carbons (Fsp3) is 0. The van der Waals surface area contributed by atoms with Crippen molar-refractivity contribution < 1.29 is 4.42 Å². The number of rotatable bonds is 6. The summed E-state index contributed by atoms with van der Waals surface area (Å²) in [6.45, 7) is 0. The molecule has 12 aromatic rings. The van der Waals surface area contributed by atoms with E-state index in [-0.39, 0.29) is 0 Å². The minimum atomic E-state index is 0.880. The molecule has 0 radical (unpaired) electrons. The highest BCUT2D eigenvalue weighted by atomic mass is 16.3. The van der Waals surface area contributed by atoms with Gasteiger partial charge in [-0.05, 0) is 114 Å². The van der Waals surface area contributed by atoms with Gasteiger partial charge in [-0.1, -0.05) is 176 Å². The lowest BCUT2D eigenvalue weighted by Gasteiger charge is -2.29. The molecule has 0 amide bonds. The van der Waals surface area contributed by atoms with E-state index in [0.29, 0.717) is 0 Å². The molecule has 0 N–H and O–H groups in total. The van der Waals surface area contributed by atoms with Crippen molar-refractivity contribution in [2.75, 3.05) is 4.90 Å². The van der Waals surface area contributed by atoms with Gasteiger partial charge in [-0.3, -0.25) is 0 Å². The summed E-state index contributed by atoms with van der Waals surface area (Å²) >= 11 is 0. The summed E-state index contributed by atoms with van der Waals surface area (Å²) in [6.07, 6.45) is 0. The molecule has 0 aliphatic carbocycles. The summed E-state index contributed by atoms with van der Waals surface area (Å²) in [4.78, 5) is 2.42. The highest BCUT2D eigenvalue weighted by Crippen LogP contribution is 2.47. The maximum atomic E-state index is 6.70. The Morgan fingerprint density at radius 3 is 1.77 bits per heavy atom. The number of hydrogen-bond donors (Lipinski definition) is 0. The molecule has 0 aliphatic rings. The molecular weight excluding hydrogens is 727 g/mol. The fourth-order valence-corrected chi connectivity index (χ4v) is 9.47. The Kier molecular flexibility index (Phi) is 7.89. The van der Waals surface area contributed by atoms with E-state index in [4.69, 9.17) is 4.42 Å². The molecule has 0 fully saturated rings. The molecule has 0 bridgehead atoms. The first kappa shape index (κ1) is 34.1. The first-order chi connectivity index (χ1) is 29.8. The van der Waals surface area contributed by atoms with E-state index in [9.17, 15) is 0 Å². The Balaban J connectivity index is 1.07. The SMILES string of the molecule is c1cc(-c2cccc3ccccc23)cc(N(c2ccc(-c3cc4ccccc4c4ccccc34)cc2)c2ccccc2-c2cccc3oc4c5ccccc5ccc4c23)c1. The molecule has 1 heterocycles. The van der Waals surface area contributed by atoms with E-state index in [2.05, 4.69) is 229 Å². The topological polar surface area (TPSA) is 16.4 Å². The van der Waals surface area contributed by atoms with Crippen LogP contribution < -0.4 is 4.90 Å². The Morgan fingerprint density at radius 1 is 0.300 bits per heavy atom. The van der Waals surface area contributed by atoms with Crippen LogP contribution in [0.5, 0.6) is 0 Å². The van der Waals surface area contributed by atoms with Gasteiger partial charge >= 0.3 is 0 Å². The maximum Gasteiger partial charge on any atom is 0.143 e. The molecule has 1 aromatic heterocycles. The molecule has 280 valence electrons. The summed E-state index contributed by atoms with van der Waals surface area (Å²) in [5.74, 6) is 0. The van der Waals surface area contributed by atoms with Crippen LogP contribution in [0.2, 0.25) is 0 Å². The second kappa shape index (κ2) is 13.9. The van der Waals surface area contributed by atoms with Crippen LogP contribution in [-0.2, 0) is 0 Å². The summed E-state index contributed by atoms with van der Waals surface area (Å²) in [7, 11) is 0. The van der Waals surface area contributed by atoms with Gasteiger partial charge in [0.1, 0.15) is 11.2 Å². The van der Waals surface area contributed by atoms with Crippen molar-refractivity contribution in [1.82, 2.24) is 0 Å².